The Kier molecular flexibility index (Phi) is 7.44. The molecule has 1 aromatic rings. The first kappa shape index (κ1) is 15.7. The van der Waals surface area contributed by atoms with Crippen molar-refractivity contribution in [1.82, 2.24) is 0 Å². The molecule has 0 aromatic heterocycles. The molecule has 82 valence electrons. The fourth-order valence-corrected chi connectivity index (χ4v) is 1.51. The maximum absolute atomic E-state index is 2.26. The summed E-state index contributed by atoms with van der Waals surface area (Å²) in [5.41, 5.74) is 4.29. The Balaban J connectivity index is 0. The summed E-state index contributed by atoms with van der Waals surface area (Å²) in [6.45, 7) is 8.87. The zero-order valence-corrected chi connectivity index (χ0v) is 8.52. The zero-order valence-electron chi connectivity index (χ0n) is 8.52. The van der Waals surface area contributed by atoms with Crippen LogP contribution in [0.25, 0.3) is 0 Å². The van der Waals surface area contributed by atoms with Gasteiger partial charge in [0, 0.05) is 0 Å². The first-order chi connectivity index (χ1) is 5.59. The molecule has 0 saturated heterocycles. The summed E-state index contributed by atoms with van der Waals surface area (Å²) in [5, 5.41) is 0. The number of hydrogen-bond donors (Lipinski definition) is 0. The van der Waals surface area contributed by atoms with Crippen LogP contribution >= 0.6 is 0 Å². The summed E-state index contributed by atoms with van der Waals surface area (Å²) in [7, 11) is 0. The van der Waals surface area contributed by atoms with E-state index in [4.69, 9.17) is 0 Å². The molecule has 0 N–H and O–H groups in total. The van der Waals surface area contributed by atoms with Gasteiger partial charge in [0.25, 0.3) is 0 Å². The van der Waals surface area contributed by atoms with Crippen molar-refractivity contribution in [2.45, 2.75) is 49.0 Å². The van der Waals surface area contributed by atoms with E-state index in [1.165, 1.54) is 23.1 Å². The molecule has 0 aliphatic rings. The van der Waals surface area contributed by atoms with Crippen molar-refractivity contribution >= 4 is 0 Å². The highest BCUT2D eigenvalue weighted by molar-refractivity contribution is 5.30. The van der Waals surface area contributed by atoms with E-state index in [-0.39, 0.29) is 14.9 Å². The highest BCUT2D eigenvalue weighted by Crippen LogP contribution is 2.14. The molecule has 0 nitrogen and oxygen atoms in total. The Hall–Kier alpha value is -0.780. The zero-order chi connectivity index (χ0) is 9.14. The molecular formula is C14H26. The van der Waals surface area contributed by atoms with E-state index in [2.05, 4.69) is 45.9 Å². The first-order valence-corrected chi connectivity index (χ1v) is 4.65. The summed E-state index contributed by atoms with van der Waals surface area (Å²) < 4.78 is 0. The Labute approximate surface area is 90.4 Å². The van der Waals surface area contributed by atoms with E-state index in [0.717, 1.165) is 5.92 Å². The Morgan fingerprint density at radius 3 is 2.07 bits per heavy atom. The summed E-state index contributed by atoms with van der Waals surface area (Å²) in [5.74, 6) is 0.756. The van der Waals surface area contributed by atoms with Crippen LogP contribution < -0.4 is 0 Å². The van der Waals surface area contributed by atoms with Gasteiger partial charge in [0.15, 0.2) is 0 Å². The van der Waals surface area contributed by atoms with Crippen LogP contribution in [0.3, 0.4) is 0 Å². The predicted octanol–water partition coefficient (Wildman–Crippen LogP) is 4.77. The molecule has 0 radical (unpaired) electrons. The van der Waals surface area contributed by atoms with Crippen molar-refractivity contribution in [3.63, 3.8) is 0 Å². The van der Waals surface area contributed by atoms with Crippen molar-refractivity contribution in [2.24, 2.45) is 5.92 Å². The van der Waals surface area contributed by atoms with Crippen LogP contribution in [0.1, 0.15) is 45.4 Å². The summed E-state index contributed by atoms with van der Waals surface area (Å²) in [4.78, 5) is 0. The second-order valence-corrected chi connectivity index (χ2v) is 4.03. The molecule has 0 aliphatic carbocycles. The van der Waals surface area contributed by atoms with Crippen LogP contribution in [0, 0.1) is 19.8 Å². The fraction of sp³-hybridized carbons (Fsp3) is 0.571. The molecule has 0 aliphatic heterocycles. The third-order valence-corrected chi connectivity index (χ3v) is 2.13. The van der Waals surface area contributed by atoms with Crippen LogP contribution in [0.15, 0.2) is 18.2 Å². The monoisotopic (exact) mass is 194 g/mol. The molecule has 0 saturated carbocycles. The van der Waals surface area contributed by atoms with Crippen molar-refractivity contribution in [3.8, 4) is 0 Å². The van der Waals surface area contributed by atoms with Gasteiger partial charge >= 0.3 is 0 Å². The molecule has 0 amide bonds. The van der Waals surface area contributed by atoms with Gasteiger partial charge in [0.05, 0.1) is 0 Å². The van der Waals surface area contributed by atoms with Crippen LogP contribution in [0.4, 0.5) is 0 Å². The largest absolute Gasteiger partial charge is 0.0776 e. The second kappa shape index (κ2) is 6.64. The van der Waals surface area contributed by atoms with Gasteiger partial charge in [-0.3, -0.25) is 0 Å². The lowest BCUT2D eigenvalue weighted by Crippen LogP contribution is -1.96. The third kappa shape index (κ3) is 4.45. The van der Waals surface area contributed by atoms with E-state index in [1.54, 1.807) is 0 Å². The van der Waals surface area contributed by atoms with Crippen LogP contribution in [-0.4, -0.2) is 0 Å². The van der Waals surface area contributed by atoms with Crippen LogP contribution in [-0.2, 0) is 6.42 Å². The molecule has 1 aromatic carbocycles. The Bertz CT molecular complexity index is 259. The van der Waals surface area contributed by atoms with Crippen molar-refractivity contribution < 1.29 is 0 Å². The van der Waals surface area contributed by atoms with E-state index >= 15 is 0 Å². The molecule has 0 spiro atoms. The first-order valence-electron chi connectivity index (χ1n) is 4.65. The van der Waals surface area contributed by atoms with Gasteiger partial charge in [-0.05, 0) is 37.3 Å². The van der Waals surface area contributed by atoms with E-state index < -0.39 is 0 Å². The van der Waals surface area contributed by atoms with Gasteiger partial charge in [-0.2, -0.15) is 0 Å². The van der Waals surface area contributed by atoms with Gasteiger partial charge in [-0.25, -0.2) is 0 Å². The molecule has 0 bridgehead atoms. The molecule has 14 heavy (non-hydrogen) atoms. The lowest BCUT2D eigenvalue weighted by molar-refractivity contribution is 0.645. The van der Waals surface area contributed by atoms with Gasteiger partial charge in [0.2, 0.25) is 0 Å². The minimum atomic E-state index is 0. The summed E-state index contributed by atoms with van der Waals surface area (Å²) in [6.07, 6.45) is 1.20. The predicted molar refractivity (Wildman–Crippen MR) is 67.9 cm³/mol. The molecule has 0 unspecified atom stereocenters. The normalized spacial score (nSPS) is 9.21. The van der Waals surface area contributed by atoms with Gasteiger partial charge in [0.1, 0.15) is 0 Å². The minimum Gasteiger partial charge on any atom is -0.0776 e. The second-order valence-electron chi connectivity index (χ2n) is 4.03. The fourth-order valence-electron chi connectivity index (χ4n) is 1.51. The molecule has 0 heterocycles. The summed E-state index contributed by atoms with van der Waals surface area (Å²) in [6, 6.07) is 6.72. The van der Waals surface area contributed by atoms with Gasteiger partial charge < -0.3 is 0 Å². The highest BCUT2D eigenvalue weighted by atomic mass is 14.1. The van der Waals surface area contributed by atoms with Crippen molar-refractivity contribution in [2.75, 3.05) is 0 Å². The average Bonchev–Trinajstić information content (AvgIpc) is 1.94. The maximum Gasteiger partial charge on any atom is -0.0253 e. The quantitative estimate of drug-likeness (QED) is 0.636. The molecule has 0 heteroatoms. The third-order valence-electron chi connectivity index (χ3n) is 2.13. The van der Waals surface area contributed by atoms with Gasteiger partial charge in [-0.1, -0.05) is 52.5 Å². The Morgan fingerprint density at radius 2 is 1.64 bits per heavy atom. The van der Waals surface area contributed by atoms with Crippen LogP contribution in [0.5, 0.6) is 0 Å². The summed E-state index contributed by atoms with van der Waals surface area (Å²) >= 11 is 0. The van der Waals surface area contributed by atoms with Gasteiger partial charge in [-0.15, -0.1) is 0 Å². The van der Waals surface area contributed by atoms with E-state index in [9.17, 15) is 0 Å². The topological polar surface area (TPSA) is 0 Å². The van der Waals surface area contributed by atoms with E-state index in [0.29, 0.717) is 0 Å². The van der Waals surface area contributed by atoms with E-state index in [1.807, 2.05) is 0 Å². The average molecular weight is 194 g/mol. The Morgan fingerprint density at radius 1 is 1.07 bits per heavy atom. The maximum atomic E-state index is 2.26. The standard InChI is InChI=1S/C12H18.2CH4/c1-9(2)7-12-6-5-10(3)8-11(12)4;;/h5-6,8-9H,7H2,1-4H3;2*1H4. The lowest BCUT2D eigenvalue weighted by Gasteiger charge is -2.08. The number of benzene rings is 1. The smallest absolute Gasteiger partial charge is 0.0253 e. The molecule has 1 rings (SSSR count). The van der Waals surface area contributed by atoms with Crippen molar-refractivity contribution in [1.29, 1.82) is 0 Å². The molecule has 0 atom stereocenters. The number of rotatable bonds is 2. The number of hydrogen-bond acceptors (Lipinski definition) is 0. The SMILES string of the molecule is C.C.Cc1ccc(CC(C)C)c(C)c1. The highest BCUT2D eigenvalue weighted by Gasteiger charge is 2.00. The molecular weight excluding hydrogens is 168 g/mol. The lowest BCUT2D eigenvalue weighted by atomic mass is 9.97. The van der Waals surface area contributed by atoms with Crippen molar-refractivity contribution in [3.05, 3.63) is 34.9 Å². The van der Waals surface area contributed by atoms with Crippen LogP contribution in [0.2, 0.25) is 0 Å². The molecule has 0 fully saturated rings. The minimum absolute atomic E-state index is 0. The number of aryl methyl sites for hydroxylation is 2.